The second-order valence-corrected chi connectivity index (χ2v) is 7.96. The summed E-state index contributed by atoms with van der Waals surface area (Å²) in [4.78, 5) is 0.520. The Morgan fingerprint density at radius 1 is 1.40 bits per heavy atom. The van der Waals surface area contributed by atoms with Gasteiger partial charge in [0.2, 0.25) is 10.0 Å². The van der Waals surface area contributed by atoms with Gasteiger partial charge in [-0.3, -0.25) is 0 Å². The monoisotopic (exact) mass is 332 g/mol. The second-order valence-electron chi connectivity index (χ2n) is 4.54. The molecule has 0 aliphatic carbocycles. The van der Waals surface area contributed by atoms with Crippen LogP contribution in [-0.2, 0) is 10.0 Å². The molecule has 0 fully saturated rings. The molecular weight excluding hydrogens is 312 g/mol. The number of sulfonamides is 1. The van der Waals surface area contributed by atoms with E-state index in [9.17, 15) is 8.42 Å². The molecule has 1 unspecified atom stereocenters. The highest BCUT2D eigenvalue weighted by molar-refractivity contribution is 7.98. The molecule has 7 heteroatoms. The van der Waals surface area contributed by atoms with Crippen LogP contribution in [0.2, 0.25) is 0 Å². The average Bonchev–Trinajstić information content (AvgIpc) is 2.43. The number of nitrogens with zero attached hydrogens (tertiary/aromatic N) is 1. The largest absolute Gasteiger partial charge is 0.389 e. The Morgan fingerprint density at radius 3 is 2.40 bits per heavy atom. The number of rotatable bonds is 7. The lowest BCUT2D eigenvalue weighted by Gasteiger charge is -2.24. The Morgan fingerprint density at radius 2 is 1.95 bits per heavy atom. The van der Waals surface area contributed by atoms with E-state index >= 15 is 0 Å². The van der Waals surface area contributed by atoms with Gasteiger partial charge in [-0.25, -0.2) is 8.42 Å². The number of benzene rings is 1. The quantitative estimate of drug-likeness (QED) is 0.775. The fourth-order valence-electron chi connectivity index (χ4n) is 1.66. The summed E-state index contributed by atoms with van der Waals surface area (Å²) in [6.07, 6.45) is 2.83. The fraction of sp³-hybridized carbons (Fsp3) is 0.462. The van der Waals surface area contributed by atoms with Gasteiger partial charge in [-0.05, 0) is 37.5 Å². The van der Waals surface area contributed by atoms with Crippen molar-refractivity contribution in [3.8, 4) is 0 Å². The van der Waals surface area contributed by atoms with Crippen molar-refractivity contribution in [1.29, 1.82) is 0 Å². The van der Waals surface area contributed by atoms with Gasteiger partial charge in [-0.1, -0.05) is 24.4 Å². The SMILES string of the molecule is CSCCC(C)N(C)S(=O)(=O)c1ccc(C(N)=S)cc1. The molecule has 0 spiro atoms. The van der Waals surface area contributed by atoms with Crippen LogP contribution in [0.3, 0.4) is 0 Å². The van der Waals surface area contributed by atoms with Gasteiger partial charge >= 0.3 is 0 Å². The normalized spacial score (nSPS) is 13.4. The van der Waals surface area contributed by atoms with E-state index in [2.05, 4.69) is 0 Å². The van der Waals surface area contributed by atoms with Gasteiger partial charge in [0, 0.05) is 18.7 Å². The van der Waals surface area contributed by atoms with Crippen molar-refractivity contribution in [2.24, 2.45) is 5.73 Å². The van der Waals surface area contributed by atoms with Gasteiger partial charge in [0.15, 0.2) is 0 Å². The van der Waals surface area contributed by atoms with Gasteiger partial charge in [0.05, 0.1) is 4.90 Å². The first-order chi connectivity index (χ1) is 9.30. The zero-order chi connectivity index (χ0) is 15.3. The second kappa shape index (κ2) is 7.40. The summed E-state index contributed by atoms with van der Waals surface area (Å²) < 4.78 is 26.4. The fourth-order valence-corrected chi connectivity index (χ4v) is 3.77. The molecule has 112 valence electrons. The molecule has 4 nitrogen and oxygen atoms in total. The lowest BCUT2D eigenvalue weighted by molar-refractivity contribution is 0.382. The van der Waals surface area contributed by atoms with Gasteiger partial charge in [-0.15, -0.1) is 0 Å². The Labute approximate surface area is 130 Å². The Hall–Kier alpha value is -0.630. The molecule has 0 bridgehead atoms. The van der Waals surface area contributed by atoms with Crippen molar-refractivity contribution in [2.45, 2.75) is 24.3 Å². The summed E-state index contributed by atoms with van der Waals surface area (Å²) in [6.45, 7) is 1.91. The number of thiocarbonyl (C=S) groups is 1. The first-order valence-electron chi connectivity index (χ1n) is 6.17. The molecule has 1 aromatic carbocycles. The van der Waals surface area contributed by atoms with E-state index in [4.69, 9.17) is 18.0 Å². The number of nitrogens with two attached hydrogens (primary N) is 1. The van der Waals surface area contributed by atoms with Crippen molar-refractivity contribution in [1.82, 2.24) is 4.31 Å². The molecule has 1 atom stereocenters. The number of thioether (sulfide) groups is 1. The molecule has 0 saturated heterocycles. The van der Waals surface area contributed by atoms with Crippen LogP contribution in [0.15, 0.2) is 29.2 Å². The maximum atomic E-state index is 12.5. The van der Waals surface area contributed by atoms with Crippen LogP contribution in [0.5, 0.6) is 0 Å². The summed E-state index contributed by atoms with van der Waals surface area (Å²) in [5.74, 6) is 0.932. The molecule has 0 aliphatic rings. The average molecular weight is 333 g/mol. The van der Waals surface area contributed by atoms with E-state index in [-0.39, 0.29) is 15.9 Å². The topological polar surface area (TPSA) is 63.4 Å². The predicted octanol–water partition coefficient (Wildman–Crippen LogP) is 2.08. The summed E-state index contributed by atoms with van der Waals surface area (Å²) in [7, 11) is -1.86. The third kappa shape index (κ3) is 4.18. The number of hydrogen-bond acceptors (Lipinski definition) is 4. The van der Waals surface area contributed by atoms with E-state index in [0.29, 0.717) is 5.56 Å². The van der Waals surface area contributed by atoms with Crippen LogP contribution in [0.1, 0.15) is 18.9 Å². The van der Waals surface area contributed by atoms with Crippen molar-refractivity contribution in [3.05, 3.63) is 29.8 Å². The van der Waals surface area contributed by atoms with Crippen LogP contribution in [0.25, 0.3) is 0 Å². The van der Waals surface area contributed by atoms with Crippen molar-refractivity contribution in [3.63, 3.8) is 0 Å². The van der Waals surface area contributed by atoms with E-state index in [0.717, 1.165) is 12.2 Å². The summed E-state index contributed by atoms with van der Waals surface area (Å²) in [5.41, 5.74) is 6.17. The molecule has 0 amide bonds. The highest BCUT2D eigenvalue weighted by Crippen LogP contribution is 2.19. The minimum Gasteiger partial charge on any atom is -0.389 e. The van der Waals surface area contributed by atoms with E-state index < -0.39 is 10.0 Å². The predicted molar refractivity (Wildman–Crippen MR) is 89.7 cm³/mol. The maximum Gasteiger partial charge on any atom is 0.243 e. The van der Waals surface area contributed by atoms with E-state index in [1.54, 1.807) is 43.1 Å². The Kier molecular flexibility index (Phi) is 6.44. The van der Waals surface area contributed by atoms with Crippen molar-refractivity contribution < 1.29 is 8.42 Å². The zero-order valence-electron chi connectivity index (χ0n) is 11.9. The van der Waals surface area contributed by atoms with Gasteiger partial charge in [0.1, 0.15) is 4.99 Å². The van der Waals surface area contributed by atoms with Crippen molar-refractivity contribution >= 4 is 39.0 Å². The standard InChI is InChI=1S/C13H20N2O2S3/c1-10(8-9-19-3)15(2)20(16,17)12-6-4-11(5-7-12)13(14)18/h4-7,10H,8-9H2,1-3H3,(H2,14,18). The first kappa shape index (κ1) is 17.4. The molecule has 1 aromatic rings. The molecule has 0 heterocycles. The van der Waals surface area contributed by atoms with E-state index in [1.165, 1.54) is 4.31 Å². The minimum absolute atomic E-state index is 0.0392. The van der Waals surface area contributed by atoms with Crippen LogP contribution in [-0.4, -0.2) is 42.8 Å². The first-order valence-corrected chi connectivity index (χ1v) is 9.41. The van der Waals surface area contributed by atoms with Crippen molar-refractivity contribution in [2.75, 3.05) is 19.1 Å². The number of hydrogen-bond donors (Lipinski definition) is 1. The van der Waals surface area contributed by atoms with Crippen LogP contribution < -0.4 is 5.73 Å². The van der Waals surface area contributed by atoms with Gasteiger partial charge in [0.25, 0.3) is 0 Å². The molecule has 20 heavy (non-hydrogen) atoms. The van der Waals surface area contributed by atoms with Gasteiger partial charge < -0.3 is 5.73 Å². The van der Waals surface area contributed by atoms with Crippen LogP contribution in [0, 0.1) is 0 Å². The lowest BCUT2D eigenvalue weighted by atomic mass is 10.2. The Balaban J connectivity index is 2.95. The van der Waals surface area contributed by atoms with Crippen LogP contribution >= 0.6 is 24.0 Å². The van der Waals surface area contributed by atoms with Crippen LogP contribution in [0.4, 0.5) is 0 Å². The smallest absolute Gasteiger partial charge is 0.243 e. The third-order valence-electron chi connectivity index (χ3n) is 3.18. The maximum absolute atomic E-state index is 12.5. The Bertz CT molecular complexity index is 555. The molecule has 1 rings (SSSR count). The lowest BCUT2D eigenvalue weighted by Crippen LogP contribution is -2.35. The summed E-state index contributed by atoms with van der Waals surface area (Å²) in [6, 6.07) is 6.32. The summed E-state index contributed by atoms with van der Waals surface area (Å²) in [5, 5.41) is 0. The highest BCUT2D eigenvalue weighted by Gasteiger charge is 2.24. The molecule has 2 N–H and O–H groups in total. The van der Waals surface area contributed by atoms with E-state index in [1.807, 2.05) is 13.2 Å². The molecule has 0 aliphatic heterocycles. The van der Waals surface area contributed by atoms with Gasteiger partial charge in [-0.2, -0.15) is 16.1 Å². The zero-order valence-corrected chi connectivity index (χ0v) is 14.3. The molecular formula is C13H20N2O2S3. The molecule has 0 saturated carbocycles. The third-order valence-corrected chi connectivity index (χ3v) is 6.04. The highest BCUT2D eigenvalue weighted by atomic mass is 32.2. The molecule has 0 radical (unpaired) electrons. The molecule has 0 aromatic heterocycles. The minimum atomic E-state index is -3.47. The summed E-state index contributed by atoms with van der Waals surface area (Å²) >= 11 is 6.56.